The van der Waals surface area contributed by atoms with Crippen LogP contribution in [0.25, 0.3) is 0 Å². The molecule has 1 aromatic heterocycles. The number of aromatic nitrogens is 1. The predicted octanol–water partition coefficient (Wildman–Crippen LogP) is 1.27. The van der Waals surface area contributed by atoms with Crippen molar-refractivity contribution < 1.29 is 4.79 Å². The highest BCUT2D eigenvalue weighted by atomic mass is 16.2. The molecular formula is C15H22N4O. The molecule has 0 aliphatic carbocycles. The lowest BCUT2D eigenvalue weighted by molar-refractivity contribution is 0.0496. The van der Waals surface area contributed by atoms with E-state index in [-0.39, 0.29) is 5.91 Å². The molecule has 2 fully saturated rings. The summed E-state index contributed by atoms with van der Waals surface area (Å²) >= 11 is 0. The van der Waals surface area contributed by atoms with Gasteiger partial charge in [-0.2, -0.15) is 0 Å². The van der Waals surface area contributed by atoms with Gasteiger partial charge in [0.25, 0.3) is 5.91 Å². The summed E-state index contributed by atoms with van der Waals surface area (Å²) in [7, 11) is 0. The third kappa shape index (κ3) is 2.50. The second-order valence-electron chi connectivity index (χ2n) is 6.01. The van der Waals surface area contributed by atoms with E-state index in [1.165, 1.54) is 12.8 Å². The molecule has 0 radical (unpaired) electrons. The average Bonchev–Trinajstić information content (AvgIpc) is 2.49. The zero-order chi connectivity index (χ0) is 14.0. The van der Waals surface area contributed by atoms with Gasteiger partial charge < -0.3 is 16.0 Å². The van der Waals surface area contributed by atoms with E-state index >= 15 is 0 Å². The number of anilines is 1. The molecule has 108 valence electrons. The number of piperidine rings is 2. The second kappa shape index (κ2) is 5.40. The Hall–Kier alpha value is -1.62. The van der Waals surface area contributed by atoms with E-state index in [4.69, 9.17) is 5.73 Å². The molecule has 3 rings (SSSR count). The van der Waals surface area contributed by atoms with E-state index in [2.05, 4.69) is 10.3 Å². The molecule has 1 amide bonds. The predicted molar refractivity (Wildman–Crippen MR) is 78.3 cm³/mol. The fourth-order valence-corrected chi connectivity index (χ4v) is 3.41. The van der Waals surface area contributed by atoms with Gasteiger partial charge in [0.05, 0.1) is 17.4 Å². The van der Waals surface area contributed by atoms with Crippen molar-refractivity contribution in [2.75, 3.05) is 31.9 Å². The van der Waals surface area contributed by atoms with Crippen LogP contribution in [-0.4, -0.2) is 42.0 Å². The molecule has 0 unspecified atom stereocenters. The van der Waals surface area contributed by atoms with Crippen molar-refractivity contribution in [3.63, 3.8) is 0 Å². The number of hydrogen-bond donors (Lipinski definition) is 2. The topological polar surface area (TPSA) is 71.2 Å². The fraction of sp³-hybridized carbons (Fsp3) is 0.600. The number of amides is 1. The fourth-order valence-electron chi connectivity index (χ4n) is 3.41. The monoisotopic (exact) mass is 274 g/mol. The van der Waals surface area contributed by atoms with Crippen molar-refractivity contribution in [2.24, 2.45) is 5.41 Å². The first kappa shape index (κ1) is 13.4. The first-order chi connectivity index (χ1) is 9.70. The standard InChI is InChI=1S/C15H22N4O/c16-13-11-18-6-1-12(13)14(20)19-9-4-15(5-10-19)2-7-17-8-3-15/h1,6,11,17H,2-5,7-10,16H2. The van der Waals surface area contributed by atoms with Crippen LogP contribution in [0.15, 0.2) is 18.5 Å². The number of carbonyl (C=O) groups excluding carboxylic acids is 1. The number of likely N-dealkylation sites (tertiary alicyclic amines) is 1. The molecule has 0 saturated carbocycles. The van der Waals surface area contributed by atoms with Crippen LogP contribution in [0.5, 0.6) is 0 Å². The van der Waals surface area contributed by atoms with E-state index < -0.39 is 0 Å². The molecule has 3 heterocycles. The summed E-state index contributed by atoms with van der Waals surface area (Å²) in [5.74, 6) is 0.0497. The Morgan fingerprint density at radius 2 is 1.95 bits per heavy atom. The summed E-state index contributed by atoms with van der Waals surface area (Å²) in [6.45, 7) is 3.93. The molecule has 2 saturated heterocycles. The quantitative estimate of drug-likeness (QED) is 0.809. The maximum atomic E-state index is 12.5. The van der Waals surface area contributed by atoms with Crippen LogP contribution in [0, 0.1) is 5.41 Å². The van der Waals surface area contributed by atoms with Crippen molar-refractivity contribution in [3.8, 4) is 0 Å². The minimum Gasteiger partial charge on any atom is -0.397 e. The molecule has 0 bridgehead atoms. The Morgan fingerprint density at radius 1 is 1.25 bits per heavy atom. The minimum absolute atomic E-state index is 0.0497. The Bertz CT molecular complexity index is 486. The van der Waals surface area contributed by atoms with Crippen LogP contribution >= 0.6 is 0 Å². The maximum Gasteiger partial charge on any atom is 0.256 e. The number of rotatable bonds is 1. The van der Waals surface area contributed by atoms with Crippen molar-refractivity contribution in [3.05, 3.63) is 24.0 Å². The molecule has 20 heavy (non-hydrogen) atoms. The van der Waals surface area contributed by atoms with Gasteiger partial charge in [-0.25, -0.2) is 0 Å². The first-order valence-corrected chi connectivity index (χ1v) is 7.40. The lowest BCUT2D eigenvalue weighted by Gasteiger charge is -2.44. The van der Waals surface area contributed by atoms with Crippen LogP contribution in [0.4, 0.5) is 5.69 Å². The number of carbonyl (C=O) groups is 1. The van der Waals surface area contributed by atoms with E-state index in [1.54, 1.807) is 18.5 Å². The average molecular weight is 274 g/mol. The van der Waals surface area contributed by atoms with Crippen molar-refractivity contribution >= 4 is 11.6 Å². The summed E-state index contributed by atoms with van der Waals surface area (Å²) in [5.41, 5.74) is 7.37. The second-order valence-corrected chi connectivity index (χ2v) is 6.01. The molecule has 1 spiro atoms. The molecule has 0 aromatic carbocycles. The summed E-state index contributed by atoms with van der Waals surface area (Å²) in [6.07, 6.45) is 7.89. The molecular weight excluding hydrogens is 252 g/mol. The normalized spacial score (nSPS) is 21.9. The van der Waals surface area contributed by atoms with E-state index in [1.807, 2.05) is 4.90 Å². The molecule has 0 atom stereocenters. The van der Waals surface area contributed by atoms with Gasteiger partial charge in [0.2, 0.25) is 0 Å². The Labute approximate surface area is 119 Å². The number of nitrogens with zero attached hydrogens (tertiary/aromatic N) is 2. The van der Waals surface area contributed by atoms with Crippen LogP contribution in [0.2, 0.25) is 0 Å². The Kier molecular flexibility index (Phi) is 3.61. The maximum absolute atomic E-state index is 12.5. The van der Waals surface area contributed by atoms with Crippen LogP contribution < -0.4 is 11.1 Å². The number of nitrogens with one attached hydrogen (secondary N) is 1. The van der Waals surface area contributed by atoms with E-state index in [0.717, 1.165) is 39.0 Å². The highest BCUT2D eigenvalue weighted by Crippen LogP contribution is 2.39. The first-order valence-electron chi connectivity index (χ1n) is 7.40. The van der Waals surface area contributed by atoms with Crippen LogP contribution in [0.1, 0.15) is 36.0 Å². The Balaban J connectivity index is 1.66. The van der Waals surface area contributed by atoms with Crippen molar-refractivity contribution in [1.82, 2.24) is 15.2 Å². The van der Waals surface area contributed by atoms with Gasteiger partial charge in [-0.05, 0) is 50.3 Å². The number of pyridine rings is 1. The lowest BCUT2D eigenvalue weighted by Crippen LogP contribution is -2.47. The molecule has 2 aliphatic heterocycles. The van der Waals surface area contributed by atoms with Crippen LogP contribution in [-0.2, 0) is 0 Å². The zero-order valence-electron chi connectivity index (χ0n) is 11.8. The van der Waals surface area contributed by atoms with Gasteiger partial charge >= 0.3 is 0 Å². The van der Waals surface area contributed by atoms with Gasteiger partial charge in [0, 0.05) is 19.3 Å². The largest absolute Gasteiger partial charge is 0.397 e. The zero-order valence-corrected chi connectivity index (χ0v) is 11.8. The SMILES string of the molecule is Nc1cnccc1C(=O)N1CCC2(CCNCC2)CC1. The van der Waals surface area contributed by atoms with Gasteiger partial charge in [-0.15, -0.1) is 0 Å². The van der Waals surface area contributed by atoms with Gasteiger partial charge in [0.15, 0.2) is 0 Å². The number of nitrogen functional groups attached to an aromatic ring is 1. The third-order valence-electron chi connectivity index (χ3n) is 4.86. The Morgan fingerprint density at radius 3 is 2.60 bits per heavy atom. The number of nitrogens with two attached hydrogens (primary N) is 1. The summed E-state index contributed by atoms with van der Waals surface area (Å²) in [6, 6.07) is 1.71. The molecule has 5 heteroatoms. The molecule has 2 aliphatic rings. The highest BCUT2D eigenvalue weighted by Gasteiger charge is 2.36. The third-order valence-corrected chi connectivity index (χ3v) is 4.86. The highest BCUT2D eigenvalue weighted by molar-refractivity contribution is 5.98. The van der Waals surface area contributed by atoms with E-state index in [0.29, 0.717) is 16.7 Å². The van der Waals surface area contributed by atoms with Gasteiger partial charge in [-0.1, -0.05) is 0 Å². The van der Waals surface area contributed by atoms with Gasteiger partial charge in [-0.3, -0.25) is 9.78 Å². The number of hydrogen-bond acceptors (Lipinski definition) is 4. The van der Waals surface area contributed by atoms with E-state index in [9.17, 15) is 4.79 Å². The smallest absolute Gasteiger partial charge is 0.256 e. The minimum atomic E-state index is 0.0497. The van der Waals surface area contributed by atoms with Crippen LogP contribution in [0.3, 0.4) is 0 Å². The molecule has 5 nitrogen and oxygen atoms in total. The van der Waals surface area contributed by atoms with Crippen molar-refractivity contribution in [2.45, 2.75) is 25.7 Å². The summed E-state index contributed by atoms with van der Waals surface area (Å²) < 4.78 is 0. The van der Waals surface area contributed by atoms with Crippen molar-refractivity contribution in [1.29, 1.82) is 0 Å². The lowest BCUT2D eigenvalue weighted by atomic mass is 9.71. The molecule has 1 aromatic rings. The summed E-state index contributed by atoms with van der Waals surface area (Å²) in [5, 5.41) is 3.42. The van der Waals surface area contributed by atoms with Gasteiger partial charge in [0.1, 0.15) is 0 Å². The molecule has 3 N–H and O–H groups in total. The summed E-state index contributed by atoms with van der Waals surface area (Å²) in [4.78, 5) is 18.4.